The van der Waals surface area contributed by atoms with E-state index in [2.05, 4.69) is 31.0 Å². The van der Waals surface area contributed by atoms with Gasteiger partial charge in [0.2, 0.25) is 0 Å². The summed E-state index contributed by atoms with van der Waals surface area (Å²) in [6, 6.07) is 3.83. The fraction of sp³-hybridized carbons (Fsp3) is 0.600. The van der Waals surface area contributed by atoms with Crippen LogP contribution in [0, 0.1) is 5.41 Å². The SMILES string of the molecule is CC(C)(C)C1CN(c2ccc(C(F)(F)F)cc2Cl)CCN1. The average Bonchev–Trinajstić information content (AvgIpc) is 2.36. The van der Waals surface area contributed by atoms with E-state index in [9.17, 15) is 13.2 Å². The maximum atomic E-state index is 12.7. The van der Waals surface area contributed by atoms with Crippen LogP contribution in [0.1, 0.15) is 26.3 Å². The van der Waals surface area contributed by atoms with Gasteiger partial charge in [-0.2, -0.15) is 13.2 Å². The number of halogens is 4. The molecule has 2 rings (SSSR count). The lowest BCUT2D eigenvalue weighted by Gasteiger charge is -2.41. The standard InChI is InChI=1S/C15H20ClF3N2/c1-14(2,3)13-9-21(7-6-20-13)12-5-4-10(8-11(12)16)15(17,18)19/h4-5,8,13,20H,6-7,9H2,1-3H3. The summed E-state index contributed by atoms with van der Waals surface area (Å²) in [6.45, 7) is 8.68. The molecule has 0 bridgehead atoms. The zero-order valence-corrected chi connectivity index (χ0v) is 13.1. The van der Waals surface area contributed by atoms with Crippen molar-refractivity contribution in [1.29, 1.82) is 0 Å². The Morgan fingerprint density at radius 2 is 1.90 bits per heavy atom. The van der Waals surface area contributed by atoms with E-state index in [1.807, 2.05) is 0 Å². The highest BCUT2D eigenvalue weighted by atomic mass is 35.5. The maximum absolute atomic E-state index is 12.7. The van der Waals surface area contributed by atoms with Gasteiger partial charge in [-0.15, -0.1) is 0 Å². The Kier molecular flexibility index (Phi) is 4.45. The van der Waals surface area contributed by atoms with Crippen LogP contribution in [0.3, 0.4) is 0 Å². The van der Waals surface area contributed by atoms with Gasteiger partial charge in [0, 0.05) is 25.7 Å². The highest BCUT2D eigenvalue weighted by molar-refractivity contribution is 6.33. The van der Waals surface area contributed by atoms with E-state index in [1.54, 1.807) is 0 Å². The van der Waals surface area contributed by atoms with Gasteiger partial charge in [-0.1, -0.05) is 32.4 Å². The van der Waals surface area contributed by atoms with E-state index in [0.717, 1.165) is 31.8 Å². The molecule has 1 saturated heterocycles. The van der Waals surface area contributed by atoms with Gasteiger partial charge in [0.1, 0.15) is 0 Å². The Balaban J connectivity index is 2.22. The molecular weight excluding hydrogens is 301 g/mol. The van der Waals surface area contributed by atoms with E-state index in [1.165, 1.54) is 6.07 Å². The minimum atomic E-state index is -4.36. The molecule has 6 heteroatoms. The maximum Gasteiger partial charge on any atom is 0.416 e. The Bertz CT molecular complexity index is 509. The van der Waals surface area contributed by atoms with Crippen LogP contribution in [0.5, 0.6) is 0 Å². The third-order valence-corrected chi connectivity index (χ3v) is 4.14. The molecular formula is C15H20ClF3N2. The second-order valence-corrected chi connectivity index (χ2v) is 6.89. The van der Waals surface area contributed by atoms with Crippen LogP contribution in [0.25, 0.3) is 0 Å². The summed E-state index contributed by atoms with van der Waals surface area (Å²) in [7, 11) is 0. The predicted octanol–water partition coefficient (Wildman–Crippen LogP) is 4.18. The largest absolute Gasteiger partial charge is 0.416 e. The number of benzene rings is 1. The van der Waals surface area contributed by atoms with E-state index < -0.39 is 11.7 Å². The molecule has 0 radical (unpaired) electrons. The van der Waals surface area contributed by atoms with Gasteiger partial charge in [-0.05, 0) is 23.6 Å². The second-order valence-electron chi connectivity index (χ2n) is 6.48. The molecule has 0 amide bonds. The van der Waals surface area contributed by atoms with E-state index in [0.29, 0.717) is 5.69 Å². The molecule has 1 fully saturated rings. The molecule has 1 aromatic carbocycles. The molecule has 1 heterocycles. The van der Waals surface area contributed by atoms with Crippen LogP contribution in [-0.4, -0.2) is 25.7 Å². The number of rotatable bonds is 1. The van der Waals surface area contributed by atoms with E-state index >= 15 is 0 Å². The first kappa shape index (κ1) is 16.4. The second kappa shape index (κ2) is 5.69. The number of alkyl halides is 3. The Morgan fingerprint density at radius 3 is 2.43 bits per heavy atom. The van der Waals surface area contributed by atoms with Crippen molar-refractivity contribution in [3.8, 4) is 0 Å². The number of anilines is 1. The average molecular weight is 321 g/mol. The first-order valence-electron chi connectivity index (χ1n) is 6.94. The zero-order chi connectivity index (χ0) is 15.8. The Hall–Kier alpha value is -0.940. The highest BCUT2D eigenvalue weighted by Crippen LogP contribution is 2.36. The van der Waals surface area contributed by atoms with Gasteiger partial charge < -0.3 is 10.2 Å². The van der Waals surface area contributed by atoms with Crippen LogP contribution < -0.4 is 10.2 Å². The van der Waals surface area contributed by atoms with Gasteiger partial charge in [0.15, 0.2) is 0 Å². The summed E-state index contributed by atoms with van der Waals surface area (Å²) in [5.41, 5.74) is 0.0380. The number of hydrogen-bond donors (Lipinski definition) is 1. The van der Waals surface area contributed by atoms with Crippen molar-refractivity contribution in [1.82, 2.24) is 5.32 Å². The molecule has 0 aliphatic carbocycles. The molecule has 0 saturated carbocycles. The Morgan fingerprint density at radius 1 is 1.24 bits per heavy atom. The van der Waals surface area contributed by atoms with E-state index in [4.69, 9.17) is 11.6 Å². The molecule has 2 nitrogen and oxygen atoms in total. The number of piperazine rings is 1. The van der Waals surface area contributed by atoms with Gasteiger partial charge >= 0.3 is 6.18 Å². The molecule has 1 atom stereocenters. The number of hydrogen-bond acceptors (Lipinski definition) is 2. The fourth-order valence-electron chi connectivity index (χ4n) is 2.49. The van der Waals surface area contributed by atoms with Crippen LogP contribution in [-0.2, 0) is 6.18 Å². The predicted molar refractivity (Wildman–Crippen MR) is 79.9 cm³/mol. The van der Waals surface area contributed by atoms with Crippen molar-refractivity contribution in [3.63, 3.8) is 0 Å². The quantitative estimate of drug-likeness (QED) is 0.835. The summed E-state index contributed by atoms with van der Waals surface area (Å²) >= 11 is 6.07. The third-order valence-electron chi connectivity index (χ3n) is 3.84. The normalized spacial score (nSPS) is 20.7. The van der Waals surface area contributed by atoms with Crippen LogP contribution >= 0.6 is 11.6 Å². The monoisotopic (exact) mass is 320 g/mol. The Labute approximate surface area is 128 Å². The van der Waals surface area contributed by atoms with Crippen molar-refractivity contribution < 1.29 is 13.2 Å². The van der Waals surface area contributed by atoms with Gasteiger partial charge in [-0.3, -0.25) is 0 Å². The smallest absolute Gasteiger partial charge is 0.367 e. The van der Waals surface area contributed by atoms with E-state index in [-0.39, 0.29) is 16.5 Å². The van der Waals surface area contributed by atoms with Gasteiger partial charge in [-0.25, -0.2) is 0 Å². The van der Waals surface area contributed by atoms with Crippen molar-refractivity contribution in [2.75, 3.05) is 24.5 Å². The lowest BCUT2D eigenvalue weighted by molar-refractivity contribution is -0.137. The zero-order valence-electron chi connectivity index (χ0n) is 12.4. The van der Waals surface area contributed by atoms with Crippen molar-refractivity contribution in [3.05, 3.63) is 28.8 Å². The fourth-order valence-corrected chi connectivity index (χ4v) is 2.79. The lowest BCUT2D eigenvalue weighted by atomic mass is 9.85. The van der Waals surface area contributed by atoms with Crippen molar-refractivity contribution in [2.24, 2.45) is 5.41 Å². The van der Waals surface area contributed by atoms with Crippen molar-refractivity contribution >= 4 is 17.3 Å². The lowest BCUT2D eigenvalue weighted by Crippen LogP contribution is -2.56. The number of nitrogens with one attached hydrogen (secondary N) is 1. The summed E-state index contributed by atoms with van der Waals surface area (Å²) in [4.78, 5) is 2.05. The third kappa shape index (κ3) is 3.83. The highest BCUT2D eigenvalue weighted by Gasteiger charge is 2.33. The molecule has 0 spiro atoms. The number of nitrogens with zero attached hydrogens (tertiary/aromatic N) is 1. The van der Waals surface area contributed by atoms with Gasteiger partial charge in [0.25, 0.3) is 0 Å². The topological polar surface area (TPSA) is 15.3 Å². The molecule has 1 aliphatic rings. The minimum Gasteiger partial charge on any atom is -0.367 e. The first-order valence-corrected chi connectivity index (χ1v) is 7.32. The van der Waals surface area contributed by atoms with Gasteiger partial charge in [0.05, 0.1) is 16.3 Å². The summed E-state index contributed by atoms with van der Waals surface area (Å²) < 4.78 is 38.0. The summed E-state index contributed by atoms with van der Waals surface area (Å²) in [5.74, 6) is 0. The van der Waals surface area contributed by atoms with Crippen LogP contribution in [0.4, 0.5) is 18.9 Å². The van der Waals surface area contributed by atoms with Crippen LogP contribution in [0.15, 0.2) is 18.2 Å². The summed E-state index contributed by atoms with van der Waals surface area (Å²) in [6.07, 6.45) is -4.36. The molecule has 0 aromatic heterocycles. The molecule has 21 heavy (non-hydrogen) atoms. The molecule has 118 valence electrons. The molecule has 1 unspecified atom stereocenters. The molecule has 1 aliphatic heterocycles. The van der Waals surface area contributed by atoms with Crippen LogP contribution in [0.2, 0.25) is 5.02 Å². The minimum absolute atomic E-state index is 0.0804. The first-order chi connectivity index (χ1) is 9.59. The summed E-state index contributed by atoms with van der Waals surface area (Å²) in [5, 5.41) is 3.60. The molecule has 1 aromatic rings. The molecule has 1 N–H and O–H groups in total. The van der Waals surface area contributed by atoms with Crippen molar-refractivity contribution in [2.45, 2.75) is 33.0 Å².